The van der Waals surface area contributed by atoms with Crippen LogP contribution in [0.1, 0.15) is 63.5 Å². The molecule has 0 heterocycles. The van der Waals surface area contributed by atoms with Gasteiger partial charge < -0.3 is 9.47 Å². The van der Waals surface area contributed by atoms with Gasteiger partial charge in [0.15, 0.2) is 0 Å². The van der Waals surface area contributed by atoms with E-state index in [1.165, 1.54) is 0 Å². The van der Waals surface area contributed by atoms with Crippen molar-refractivity contribution in [2.24, 2.45) is 10.2 Å². The zero-order valence-electron chi connectivity index (χ0n) is 20.4. The SMILES string of the molecule is COc1ccc(/C(C)=N/NC(=O)CCCCCCC(=O)N/N=C(\C)c2ccc(OC)cc2)cc1. The second-order valence-electron chi connectivity index (χ2n) is 7.84. The number of amides is 2. The van der Waals surface area contributed by atoms with E-state index in [1.54, 1.807) is 14.2 Å². The van der Waals surface area contributed by atoms with E-state index >= 15 is 0 Å². The molecule has 2 aromatic rings. The van der Waals surface area contributed by atoms with E-state index in [2.05, 4.69) is 21.1 Å². The number of carbonyl (C=O) groups is 2. The van der Waals surface area contributed by atoms with Crippen LogP contribution in [0.25, 0.3) is 0 Å². The predicted molar refractivity (Wildman–Crippen MR) is 134 cm³/mol. The van der Waals surface area contributed by atoms with Crippen molar-refractivity contribution in [2.45, 2.75) is 52.4 Å². The zero-order chi connectivity index (χ0) is 24.8. The zero-order valence-corrected chi connectivity index (χ0v) is 20.4. The molecule has 0 bridgehead atoms. The van der Waals surface area contributed by atoms with Crippen molar-refractivity contribution in [3.63, 3.8) is 0 Å². The molecule has 34 heavy (non-hydrogen) atoms. The van der Waals surface area contributed by atoms with Gasteiger partial charge in [0, 0.05) is 12.8 Å². The molecule has 2 rings (SSSR count). The number of carbonyl (C=O) groups excluding carboxylic acids is 2. The molecule has 0 aliphatic rings. The summed E-state index contributed by atoms with van der Waals surface area (Å²) in [6.45, 7) is 3.69. The molecule has 0 spiro atoms. The summed E-state index contributed by atoms with van der Waals surface area (Å²) in [7, 11) is 3.23. The van der Waals surface area contributed by atoms with E-state index in [1.807, 2.05) is 62.4 Å². The molecular formula is C26H34N4O4. The number of nitrogens with one attached hydrogen (secondary N) is 2. The van der Waals surface area contributed by atoms with E-state index < -0.39 is 0 Å². The molecule has 0 radical (unpaired) electrons. The summed E-state index contributed by atoms with van der Waals surface area (Å²) in [6, 6.07) is 15.0. The van der Waals surface area contributed by atoms with Gasteiger partial charge in [-0.15, -0.1) is 0 Å². The van der Waals surface area contributed by atoms with Crippen LogP contribution in [-0.4, -0.2) is 37.5 Å². The van der Waals surface area contributed by atoms with E-state index in [4.69, 9.17) is 9.47 Å². The van der Waals surface area contributed by atoms with E-state index in [-0.39, 0.29) is 11.8 Å². The van der Waals surface area contributed by atoms with Gasteiger partial charge in [-0.2, -0.15) is 10.2 Å². The van der Waals surface area contributed by atoms with Crippen LogP contribution in [0.15, 0.2) is 58.7 Å². The molecule has 2 amide bonds. The van der Waals surface area contributed by atoms with E-state index in [9.17, 15) is 9.59 Å². The Morgan fingerprint density at radius 3 is 1.32 bits per heavy atom. The molecule has 0 aliphatic heterocycles. The molecule has 182 valence electrons. The fourth-order valence-corrected chi connectivity index (χ4v) is 3.12. The fraction of sp³-hybridized carbons (Fsp3) is 0.385. The van der Waals surface area contributed by atoms with Gasteiger partial charge in [-0.3, -0.25) is 9.59 Å². The Morgan fingerprint density at radius 2 is 1.00 bits per heavy atom. The molecule has 0 saturated heterocycles. The lowest BCUT2D eigenvalue weighted by atomic mass is 10.1. The highest BCUT2D eigenvalue weighted by Gasteiger charge is 2.04. The number of hydrogen-bond acceptors (Lipinski definition) is 6. The van der Waals surface area contributed by atoms with Crippen molar-refractivity contribution >= 4 is 23.2 Å². The van der Waals surface area contributed by atoms with Crippen LogP contribution in [-0.2, 0) is 9.59 Å². The largest absolute Gasteiger partial charge is 0.497 e. The highest BCUT2D eigenvalue weighted by molar-refractivity contribution is 5.99. The van der Waals surface area contributed by atoms with Crippen LogP contribution in [0.2, 0.25) is 0 Å². The number of rotatable bonds is 13. The van der Waals surface area contributed by atoms with Crippen LogP contribution >= 0.6 is 0 Å². The van der Waals surface area contributed by atoms with Gasteiger partial charge in [0.1, 0.15) is 11.5 Å². The first-order chi connectivity index (χ1) is 16.4. The summed E-state index contributed by atoms with van der Waals surface area (Å²) < 4.78 is 10.3. The minimum absolute atomic E-state index is 0.117. The molecular weight excluding hydrogens is 432 g/mol. The lowest BCUT2D eigenvalue weighted by Gasteiger charge is -2.05. The number of benzene rings is 2. The number of hydrazone groups is 2. The maximum absolute atomic E-state index is 12.0. The third-order valence-electron chi connectivity index (χ3n) is 5.27. The molecule has 0 saturated carbocycles. The third kappa shape index (κ3) is 9.44. The Hall–Kier alpha value is -3.68. The molecule has 2 N–H and O–H groups in total. The van der Waals surface area contributed by atoms with Crippen LogP contribution in [0, 0.1) is 0 Å². The summed E-state index contributed by atoms with van der Waals surface area (Å²) in [5, 5.41) is 8.32. The quantitative estimate of drug-likeness (QED) is 0.259. The molecule has 0 aromatic heterocycles. The first-order valence-electron chi connectivity index (χ1n) is 11.4. The van der Waals surface area contributed by atoms with Crippen LogP contribution < -0.4 is 20.3 Å². The summed E-state index contributed by atoms with van der Waals surface area (Å²) in [6.07, 6.45) is 4.04. The Morgan fingerprint density at radius 1 is 0.647 bits per heavy atom. The number of unbranched alkanes of at least 4 members (excludes halogenated alkanes) is 3. The van der Waals surface area contributed by atoms with Crippen molar-refractivity contribution in [2.75, 3.05) is 14.2 Å². The summed E-state index contributed by atoms with van der Waals surface area (Å²) in [4.78, 5) is 24.0. The minimum atomic E-state index is -0.117. The van der Waals surface area contributed by atoms with Gasteiger partial charge in [-0.25, -0.2) is 10.9 Å². The lowest BCUT2D eigenvalue weighted by molar-refractivity contribution is -0.122. The normalized spacial score (nSPS) is 11.6. The lowest BCUT2D eigenvalue weighted by Crippen LogP contribution is -2.19. The molecule has 8 heteroatoms. The van der Waals surface area contributed by atoms with Gasteiger partial charge in [0.2, 0.25) is 11.8 Å². The topological polar surface area (TPSA) is 101 Å². The summed E-state index contributed by atoms with van der Waals surface area (Å²) in [5.41, 5.74) is 8.49. The van der Waals surface area contributed by atoms with Crippen LogP contribution in [0.3, 0.4) is 0 Å². The van der Waals surface area contributed by atoms with Crippen molar-refractivity contribution in [1.29, 1.82) is 0 Å². The highest BCUT2D eigenvalue weighted by Crippen LogP contribution is 2.13. The molecule has 2 aromatic carbocycles. The molecule has 0 unspecified atom stereocenters. The smallest absolute Gasteiger partial charge is 0.240 e. The number of ether oxygens (including phenoxy) is 2. The monoisotopic (exact) mass is 466 g/mol. The second-order valence-corrected chi connectivity index (χ2v) is 7.84. The van der Waals surface area contributed by atoms with Crippen molar-refractivity contribution in [3.05, 3.63) is 59.7 Å². The molecule has 0 atom stereocenters. The third-order valence-corrected chi connectivity index (χ3v) is 5.27. The summed E-state index contributed by atoms with van der Waals surface area (Å²) in [5.74, 6) is 1.31. The first kappa shape index (κ1) is 26.6. The Bertz CT molecular complexity index is 901. The van der Waals surface area contributed by atoms with Crippen LogP contribution in [0.4, 0.5) is 0 Å². The van der Waals surface area contributed by atoms with Gasteiger partial charge in [0.05, 0.1) is 25.6 Å². The maximum Gasteiger partial charge on any atom is 0.240 e. The van der Waals surface area contributed by atoms with Gasteiger partial charge in [-0.05, 0) is 86.3 Å². The number of hydrogen-bond donors (Lipinski definition) is 2. The first-order valence-corrected chi connectivity index (χ1v) is 11.4. The van der Waals surface area contributed by atoms with Crippen LogP contribution in [0.5, 0.6) is 11.5 Å². The van der Waals surface area contributed by atoms with E-state index in [0.717, 1.165) is 59.7 Å². The number of nitrogens with zero attached hydrogens (tertiary/aromatic N) is 2. The average Bonchev–Trinajstić information content (AvgIpc) is 2.87. The molecule has 0 aliphatic carbocycles. The predicted octanol–water partition coefficient (Wildman–Crippen LogP) is 4.43. The van der Waals surface area contributed by atoms with E-state index in [0.29, 0.717) is 12.8 Å². The molecule has 8 nitrogen and oxygen atoms in total. The number of methoxy groups -OCH3 is 2. The highest BCUT2D eigenvalue weighted by atomic mass is 16.5. The standard InChI is InChI=1S/C26H34N4O4/c1-19(21-11-15-23(33-3)16-12-21)27-29-25(31)9-7-5-6-8-10-26(32)30-28-20(2)22-13-17-24(34-4)18-14-22/h11-18H,5-10H2,1-4H3,(H,29,31)(H,30,32)/b27-19+,28-20+. The second kappa shape index (κ2) is 14.5. The Labute approximate surface area is 201 Å². The Kier molecular flexibility index (Phi) is 11.3. The minimum Gasteiger partial charge on any atom is -0.497 e. The van der Waals surface area contributed by atoms with Crippen molar-refractivity contribution in [1.82, 2.24) is 10.9 Å². The van der Waals surface area contributed by atoms with Gasteiger partial charge >= 0.3 is 0 Å². The fourth-order valence-electron chi connectivity index (χ4n) is 3.12. The van der Waals surface area contributed by atoms with Gasteiger partial charge in [-0.1, -0.05) is 12.8 Å². The maximum atomic E-state index is 12.0. The average molecular weight is 467 g/mol. The van der Waals surface area contributed by atoms with Crippen molar-refractivity contribution < 1.29 is 19.1 Å². The summed E-state index contributed by atoms with van der Waals surface area (Å²) >= 11 is 0. The molecule has 0 fully saturated rings. The van der Waals surface area contributed by atoms with Crippen molar-refractivity contribution in [3.8, 4) is 11.5 Å². The Balaban J connectivity index is 1.58. The van der Waals surface area contributed by atoms with Gasteiger partial charge in [0.25, 0.3) is 0 Å².